The minimum absolute atomic E-state index is 0.0217. The van der Waals surface area contributed by atoms with E-state index in [4.69, 9.17) is 9.52 Å². The third kappa shape index (κ3) is 1.74. The molecule has 122 valence electrons. The molecule has 0 saturated carbocycles. The van der Waals surface area contributed by atoms with Crippen molar-refractivity contribution in [2.75, 3.05) is 0 Å². The summed E-state index contributed by atoms with van der Waals surface area (Å²) in [5.74, 6) is -2.29. The van der Waals surface area contributed by atoms with Gasteiger partial charge in [-0.15, -0.1) is 0 Å². The summed E-state index contributed by atoms with van der Waals surface area (Å²) in [7, 11) is 0. The van der Waals surface area contributed by atoms with E-state index in [-0.39, 0.29) is 12.3 Å². The van der Waals surface area contributed by atoms with Gasteiger partial charge in [-0.3, -0.25) is 10.6 Å². The van der Waals surface area contributed by atoms with Crippen LogP contribution in [-0.4, -0.2) is 39.0 Å². The number of hydrogen-bond acceptors (Lipinski definition) is 6. The number of nitrogens with zero attached hydrogens (tertiary/aromatic N) is 1. The summed E-state index contributed by atoms with van der Waals surface area (Å²) in [5.41, 5.74) is -6.10. The number of halogens is 3. The van der Waals surface area contributed by atoms with Crippen molar-refractivity contribution in [3.05, 3.63) is 17.3 Å². The average Bonchev–Trinajstić information content (AvgIpc) is 2.95. The number of oxazole rings is 1. The van der Waals surface area contributed by atoms with E-state index in [1.807, 2.05) is 0 Å². The van der Waals surface area contributed by atoms with Crippen LogP contribution in [0.25, 0.3) is 0 Å². The topological polar surface area (TPSA) is 108 Å². The van der Waals surface area contributed by atoms with E-state index in [9.17, 15) is 23.1 Å². The van der Waals surface area contributed by atoms with E-state index in [0.29, 0.717) is 6.42 Å². The summed E-state index contributed by atoms with van der Waals surface area (Å²) in [4.78, 5) is 14.9. The van der Waals surface area contributed by atoms with E-state index >= 15 is 0 Å². The zero-order valence-corrected chi connectivity index (χ0v) is 11.5. The normalized spacial score (nSPS) is 33.8. The summed E-state index contributed by atoms with van der Waals surface area (Å²) in [5, 5.41) is 24.3. The fourth-order valence-electron chi connectivity index (χ4n) is 3.03. The summed E-state index contributed by atoms with van der Waals surface area (Å²) in [6, 6.07) is 0. The second-order valence-corrected chi connectivity index (χ2v) is 5.50. The third-order valence-corrected chi connectivity index (χ3v) is 4.08. The lowest BCUT2D eigenvalue weighted by Gasteiger charge is -2.44. The summed E-state index contributed by atoms with van der Waals surface area (Å²) in [6.45, 7) is 1.78. The zero-order valence-electron chi connectivity index (χ0n) is 11.5. The van der Waals surface area contributed by atoms with E-state index < -0.39 is 47.5 Å². The first kappa shape index (κ1) is 15.3. The Labute approximate surface area is 122 Å². The lowest BCUT2D eigenvalue weighted by molar-refractivity contribution is -0.258. The lowest BCUT2D eigenvalue weighted by atomic mass is 9.79. The highest BCUT2D eigenvalue weighted by molar-refractivity contribution is 5.87. The Morgan fingerprint density at radius 3 is 2.64 bits per heavy atom. The van der Waals surface area contributed by atoms with Gasteiger partial charge in [0.15, 0.2) is 22.9 Å². The van der Waals surface area contributed by atoms with Crippen molar-refractivity contribution < 1.29 is 32.6 Å². The molecule has 3 fully saturated rings. The smallest absolute Gasteiger partial charge is 0.411 e. The first-order chi connectivity index (χ1) is 10.1. The minimum Gasteiger partial charge on any atom is -0.476 e. The summed E-state index contributed by atoms with van der Waals surface area (Å²) < 4.78 is 45.3. The van der Waals surface area contributed by atoms with E-state index in [1.54, 1.807) is 6.92 Å². The van der Waals surface area contributed by atoms with Gasteiger partial charge in [-0.05, 0) is 6.42 Å². The standard InChI is InChI=1S/C12H14F3N3O4/c1-2-3-6-16-7(9(19)20)8(22-6)11(21)10(12(13,14)15)4-5(17-10)18-11/h5,17-18,21H,2-4H2,1H3,(H,19,20). The van der Waals surface area contributed by atoms with Crippen LogP contribution in [-0.2, 0) is 12.1 Å². The van der Waals surface area contributed by atoms with Gasteiger partial charge in [0, 0.05) is 12.8 Å². The van der Waals surface area contributed by atoms with Crippen LogP contribution in [0.3, 0.4) is 0 Å². The van der Waals surface area contributed by atoms with Crippen molar-refractivity contribution in [2.45, 2.75) is 49.8 Å². The van der Waals surface area contributed by atoms with Gasteiger partial charge in [0.1, 0.15) is 0 Å². The van der Waals surface area contributed by atoms with Crippen LogP contribution in [0.1, 0.15) is 41.9 Å². The number of rotatable bonds is 4. The van der Waals surface area contributed by atoms with Gasteiger partial charge >= 0.3 is 12.1 Å². The van der Waals surface area contributed by atoms with Crippen LogP contribution in [0.15, 0.2) is 4.42 Å². The quantitative estimate of drug-likeness (QED) is 0.646. The van der Waals surface area contributed by atoms with Crippen LogP contribution in [0.4, 0.5) is 13.2 Å². The van der Waals surface area contributed by atoms with Crippen LogP contribution >= 0.6 is 0 Å². The van der Waals surface area contributed by atoms with Crippen LogP contribution in [0.5, 0.6) is 0 Å². The molecule has 22 heavy (non-hydrogen) atoms. The van der Waals surface area contributed by atoms with Crippen molar-refractivity contribution >= 4 is 5.97 Å². The maximum atomic E-state index is 13.4. The van der Waals surface area contributed by atoms with Crippen molar-refractivity contribution in [2.24, 2.45) is 0 Å². The zero-order chi connectivity index (χ0) is 16.3. The number of fused-ring (bicyclic) bond motifs is 1. The van der Waals surface area contributed by atoms with Gasteiger partial charge in [-0.1, -0.05) is 6.92 Å². The van der Waals surface area contributed by atoms with Gasteiger partial charge in [0.2, 0.25) is 5.72 Å². The van der Waals surface area contributed by atoms with Gasteiger partial charge in [0.25, 0.3) is 0 Å². The molecule has 0 amide bonds. The molecule has 3 aliphatic heterocycles. The molecule has 0 radical (unpaired) electrons. The number of aromatic carboxylic acids is 1. The molecule has 1 aromatic heterocycles. The highest BCUT2D eigenvalue weighted by Gasteiger charge is 2.80. The predicted octanol–water partition coefficient (Wildman–Crippen LogP) is 0.694. The maximum Gasteiger partial charge on any atom is 0.411 e. The minimum atomic E-state index is -4.80. The van der Waals surface area contributed by atoms with Gasteiger partial charge < -0.3 is 14.6 Å². The Morgan fingerprint density at radius 2 is 2.14 bits per heavy atom. The molecule has 3 atom stereocenters. The molecule has 7 nitrogen and oxygen atoms in total. The Kier molecular flexibility index (Phi) is 3.07. The monoisotopic (exact) mass is 321 g/mol. The van der Waals surface area contributed by atoms with Crippen LogP contribution in [0.2, 0.25) is 0 Å². The van der Waals surface area contributed by atoms with Crippen molar-refractivity contribution in [3.63, 3.8) is 0 Å². The molecule has 3 unspecified atom stereocenters. The SMILES string of the molecule is CCCc1nc(C(=O)O)c(C2(O)NC3CC2(C(F)(F)F)N3)o1. The molecular formula is C12H14F3N3O4. The number of aryl methyl sites for hydroxylation is 1. The van der Waals surface area contributed by atoms with Crippen LogP contribution < -0.4 is 10.6 Å². The maximum absolute atomic E-state index is 13.4. The highest BCUT2D eigenvalue weighted by Crippen LogP contribution is 2.55. The number of carboxylic acids is 1. The molecule has 0 aromatic carbocycles. The van der Waals surface area contributed by atoms with Crippen molar-refractivity contribution in [1.29, 1.82) is 0 Å². The molecule has 4 rings (SSSR count). The molecule has 1 aromatic rings. The fourth-order valence-corrected chi connectivity index (χ4v) is 3.03. The molecule has 2 bridgehead atoms. The molecule has 0 spiro atoms. The molecule has 3 aliphatic rings. The Morgan fingerprint density at radius 1 is 1.50 bits per heavy atom. The second kappa shape index (κ2) is 4.43. The number of hydrogen-bond donors (Lipinski definition) is 4. The van der Waals surface area contributed by atoms with E-state index in [2.05, 4.69) is 15.6 Å². The number of carboxylic acid groups (broad SMARTS) is 1. The predicted molar refractivity (Wildman–Crippen MR) is 64.8 cm³/mol. The molecule has 4 N–H and O–H groups in total. The number of aromatic nitrogens is 1. The Balaban J connectivity index is 2.12. The van der Waals surface area contributed by atoms with Gasteiger partial charge in [-0.2, -0.15) is 13.2 Å². The van der Waals surface area contributed by atoms with E-state index in [1.165, 1.54) is 0 Å². The molecular weight excluding hydrogens is 307 g/mol. The summed E-state index contributed by atoms with van der Waals surface area (Å²) in [6.07, 6.45) is -5.17. The first-order valence-corrected chi connectivity index (χ1v) is 6.72. The fraction of sp³-hybridized carbons (Fsp3) is 0.667. The summed E-state index contributed by atoms with van der Waals surface area (Å²) >= 11 is 0. The average molecular weight is 321 g/mol. The second-order valence-electron chi connectivity index (χ2n) is 5.50. The first-order valence-electron chi connectivity index (χ1n) is 6.72. The molecule has 10 heteroatoms. The molecule has 3 saturated heterocycles. The van der Waals surface area contributed by atoms with Gasteiger partial charge in [0.05, 0.1) is 6.17 Å². The Bertz CT molecular complexity index is 624. The van der Waals surface area contributed by atoms with E-state index in [0.717, 1.165) is 0 Å². The van der Waals surface area contributed by atoms with Crippen LogP contribution in [0, 0.1) is 0 Å². The molecule has 4 heterocycles. The number of carbonyl (C=O) groups is 1. The van der Waals surface area contributed by atoms with Gasteiger partial charge in [-0.25, -0.2) is 9.78 Å². The number of nitrogens with one attached hydrogen (secondary N) is 2. The third-order valence-electron chi connectivity index (χ3n) is 4.08. The van der Waals surface area contributed by atoms with Crippen molar-refractivity contribution in [3.8, 4) is 0 Å². The van der Waals surface area contributed by atoms with Crippen molar-refractivity contribution in [1.82, 2.24) is 15.6 Å². The lowest BCUT2D eigenvalue weighted by Crippen LogP contribution is -2.71. The largest absolute Gasteiger partial charge is 0.476 e. The Hall–Kier alpha value is -1.65. The number of alkyl halides is 3. The highest BCUT2D eigenvalue weighted by atomic mass is 19.4. The number of aliphatic hydroxyl groups is 1. The molecule has 0 aliphatic carbocycles.